The van der Waals surface area contributed by atoms with Crippen LogP contribution in [0.5, 0.6) is 0 Å². The zero-order chi connectivity index (χ0) is 35.5. The zero-order valence-electron chi connectivity index (χ0n) is 30.0. The van der Waals surface area contributed by atoms with Gasteiger partial charge in [0, 0.05) is 12.1 Å². The average Bonchev–Trinajstić information content (AvgIpc) is 3.87. The Balaban J connectivity index is 1.10. The molecule has 0 fully saturated rings. The van der Waals surface area contributed by atoms with Gasteiger partial charge in [-0.2, -0.15) is 4.58 Å². The minimum atomic E-state index is -0.440. The van der Waals surface area contributed by atoms with Crippen LogP contribution in [0.25, 0.3) is 65.7 Å². The fourth-order valence-electron chi connectivity index (χ4n) is 10.4. The van der Waals surface area contributed by atoms with Gasteiger partial charge in [-0.25, -0.2) is 0 Å². The highest BCUT2D eigenvalue weighted by molar-refractivity contribution is 6.20. The number of rotatable bonds is 3. The van der Waals surface area contributed by atoms with Crippen LogP contribution in [0.4, 0.5) is 0 Å². The minimum absolute atomic E-state index is 0.168. The number of fused-ring (bicyclic) bond motifs is 17. The van der Waals surface area contributed by atoms with Gasteiger partial charge in [0.05, 0.1) is 11.0 Å². The molecule has 0 N–H and O–H groups in total. The van der Waals surface area contributed by atoms with Gasteiger partial charge < -0.3 is 0 Å². The molecule has 2 heteroatoms. The van der Waals surface area contributed by atoms with Crippen LogP contribution in [0.15, 0.2) is 176 Å². The van der Waals surface area contributed by atoms with Crippen molar-refractivity contribution in [3.05, 3.63) is 210 Å². The van der Waals surface area contributed by atoms with Gasteiger partial charge in [-0.3, -0.25) is 0 Å². The van der Waals surface area contributed by atoms with E-state index in [1.165, 1.54) is 99.2 Å². The van der Waals surface area contributed by atoms with Gasteiger partial charge in [-0.1, -0.05) is 121 Å². The summed E-state index contributed by atoms with van der Waals surface area (Å²) in [6.45, 7) is 3.18. The summed E-state index contributed by atoms with van der Waals surface area (Å²) in [5.74, 6) is 0. The van der Waals surface area contributed by atoms with Crippen molar-refractivity contribution in [2.45, 2.75) is 18.5 Å². The smallest absolute Gasteiger partial charge is 0.165 e. The maximum atomic E-state index is 2.53. The molecule has 0 bridgehead atoms. The molecule has 0 saturated carbocycles. The molecular formula is C52H36N2+2. The Morgan fingerprint density at radius 1 is 0.500 bits per heavy atom. The third kappa shape index (κ3) is 3.80. The molecule has 8 aromatic carbocycles. The van der Waals surface area contributed by atoms with Crippen LogP contribution in [-0.2, 0) is 5.41 Å². The van der Waals surface area contributed by atoms with Crippen molar-refractivity contribution in [2.24, 2.45) is 0 Å². The minimum Gasteiger partial charge on any atom is -0.165 e. The van der Waals surface area contributed by atoms with Crippen molar-refractivity contribution < 1.29 is 9.14 Å². The second-order valence-electron chi connectivity index (χ2n) is 15.1. The van der Waals surface area contributed by atoms with Crippen LogP contribution in [0, 0.1) is 0 Å². The predicted octanol–water partition coefficient (Wildman–Crippen LogP) is 11.5. The number of hydrogen-bond donors (Lipinski definition) is 0. The van der Waals surface area contributed by atoms with Gasteiger partial charge in [0.25, 0.3) is 5.69 Å². The van der Waals surface area contributed by atoms with Crippen molar-refractivity contribution in [1.82, 2.24) is 0 Å². The highest BCUT2D eigenvalue weighted by atomic mass is 15.3. The van der Waals surface area contributed by atoms with Crippen LogP contribution >= 0.6 is 0 Å². The van der Waals surface area contributed by atoms with E-state index in [0.29, 0.717) is 0 Å². The molecule has 1 spiro atoms. The molecule has 12 rings (SSSR count). The fraction of sp³-hybridized carbons (Fsp3) is 0.0769. The molecule has 1 aliphatic heterocycles. The maximum absolute atomic E-state index is 2.53. The maximum Gasteiger partial charge on any atom is 0.375 e. The van der Waals surface area contributed by atoms with Gasteiger partial charge in [0.15, 0.2) is 6.20 Å². The number of pyridine rings is 1. The molecule has 1 aromatic heterocycles. The number of hydrogen-bond acceptors (Lipinski definition) is 0. The molecule has 54 heavy (non-hydrogen) atoms. The summed E-state index contributed by atoms with van der Waals surface area (Å²) in [6.07, 6.45) is 4.64. The second kappa shape index (κ2) is 10.9. The van der Waals surface area contributed by atoms with E-state index in [9.17, 15) is 0 Å². The summed E-state index contributed by atoms with van der Waals surface area (Å²) < 4.78 is 4.79. The van der Waals surface area contributed by atoms with E-state index in [4.69, 9.17) is 0 Å². The monoisotopic (exact) mass is 688 g/mol. The van der Waals surface area contributed by atoms with E-state index < -0.39 is 5.41 Å². The first kappa shape index (κ1) is 29.9. The third-order valence-electron chi connectivity index (χ3n) is 12.6. The quantitative estimate of drug-likeness (QED) is 0.129. The summed E-state index contributed by atoms with van der Waals surface area (Å²) in [6, 6.07) is 64.2. The van der Waals surface area contributed by atoms with Crippen LogP contribution in [-0.4, -0.2) is 17.3 Å². The molecule has 2 aliphatic carbocycles. The van der Waals surface area contributed by atoms with Crippen LogP contribution in [0.1, 0.15) is 46.6 Å². The van der Waals surface area contributed by atoms with Crippen molar-refractivity contribution in [2.75, 3.05) is 6.54 Å². The number of benzene rings is 8. The van der Waals surface area contributed by atoms with Crippen molar-refractivity contribution in [3.8, 4) is 33.4 Å². The fourth-order valence-corrected chi connectivity index (χ4v) is 10.4. The Kier molecular flexibility index (Phi) is 6.06. The van der Waals surface area contributed by atoms with E-state index in [-0.39, 0.29) is 6.17 Å². The van der Waals surface area contributed by atoms with Crippen molar-refractivity contribution in [3.63, 3.8) is 0 Å². The summed E-state index contributed by atoms with van der Waals surface area (Å²) in [5.41, 5.74) is 15.5. The lowest BCUT2D eigenvalue weighted by molar-refractivity contribution is -0.850. The molecule has 2 nitrogen and oxygen atoms in total. The number of nitrogens with zero attached hydrogens (tertiary/aromatic N) is 2. The Morgan fingerprint density at radius 2 is 1.13 bits per heavy atom. The summed E-state index contributed by atoms with van der Waals surface area (Å²) in [4.78, 5) is 0. The van der Waals surface area contributed by atoms with E-state index in [1.54, 1.807) is 0 Å². The summed E-state index contributed by atoms with van der Waals surface area (Å²) in [5, 5.41) is 7.82. The van der Waals surface area contributed by atoms with Crippen molar-refractivity contribution in [1.29, 1.82) is 0 Å². The lowest BCUT2D eigenvalue weighted by Crippen LogP contribution is -2.43. The molecular weight excluding hydrogens is 653 g/mol. The molecule has 2 heterocycles. The van der Waals surface area contributed by atoms with E-state index in [1.807, 2.05) is 0 Å². The molecule has 3 aliphatic rings. The highest BCUT2D eigenvalue weighted by Gasteiger charge is 2.53. The molecule has 1 unspecified atom stereocenters. The normalized spacial score (nSPS) is 15.6. The molecule has 0 saturated heterocycles. The van der Waals surface area contributed by atoms with Crippen LogP contribution in [0.2, 0.25) is 0 Å². The van der Waals surface area contributed by atoms with Gasteiger partial charge in [-0.05, 0) is 131 Å². The predicted molar refractivity (Wildman–Crippen MR) is 221 cm³/mol. The zero-order valence-corrected chi connectivity index (χ0v) is 30.0. The Morgan fingerprint density at radius 3 is 1.87 bits per heavy atom. The van der Waals surface area contributed by atoms with Gasteiger partial charge in [-0.15, -0.1) is 4.57 Å². The first-order chi connectivity index (χ1) is 26.7. The Bertz CT molecular complexity index is 3050. The first-order valence-electron chi connectivity index (χ1n) is 19.2. The molecule has 0 amide bonds. The first-order valence-corrected chi connectivity index (χ1v) is 19.2. The van der Waals surface area contributed by atoms with Crippen LogP contribution in [0.3, 0.4) is 0 Å². The van der Waals surface area contributed by atoms with E-state index in [0.717, 1.165) is 6.54 Å². The SMILES string of the molecule is CC[N+]1=Cc2cccc[n+]2C1c1ccc(-c2ccc3cc4c(cc3c2)C2(c3ccccc3-c3ccccc32)c2c-4c3ccccc3c3ccccc23)cc1. The summed E-state index contributed by atoms with van der Waals surface area (Å²) in [7, 11) is 0. The standard InChI is InChI=1S/C52H36N2/c1-2-53-32-38-13-11-12-28-54(38)51(53)34-24-22-33(23-25-34)35-26-27-36-30-45-48(31-37(36)29-35)52(46-20-9-7-16-41(46)42-17-8-10-21-47(42)52)50-44-19-6-4-15-40(44)39-14-3-5-18-43(39)49(45)50/h3-32,51H,2H2,1H3/q+2. The van der Waals surface area contributed by atoms with Gasteiger partial charge >= 0.3 is 6.17 Å². The van der Waals surface area contributed by atoms with E-state index in [2.05, 4.69) is 198 Å². The van der Waals surface area contributed by atoms with Gasteiger partial charge in [0.1, 0.15) is 6.54 Å². The molecule has 9 aromatic rings. The van der Waals surface area contributed by atoms with Crippen LogP contribution < -0.4 is 4.57 Å². The second-order valence-corrected chi connectivity index (χ2v) is 15.1. The largest absolute Gasteiger partial charge is 0.375 e. The third-order valence-corrected chi connectivity index (χ3v) is 12.6. The topological polar surface area (TPSA) is 6.89 Å². The lowest BCUT2D eigenvalue weighted by Gasteiger charge is -2.32. The Hall–Kier alpha value is -6.64. The number of aromatic nitrogens is 1. The average molecular weight is 689 g/mol. The molecule has 1 atom stereocenters. The highest BCUT2D eigenvalue weighted by Crippen LogP contribution is 2.65. The van der Waals surface area contributed by atoms with Crippen molar-refractivity contribution >= 4 is 38.5 Å². The molecule has 0 radical (unpaired) electrons. The Labute approximate surface area is 314 Å². The molecule has 252 valence electrons. The van der Waals surface area contributed by atoms with E-state index >= 15 is 0 Å². The lowest BCUT2D eigenvalue weighted by atomic mass is 9.69. The summed E-state index contributed by atoms with van der Waals surface area (Å²) >= 11 is 0. The van der Waals surface area contributed by atoms with Gasteiger partial charge in [0.2, 0.25) is 6.21 Å².